The highest BCUT2D eigenvalue weighted by Gasteiger charge is 2.27. The van der Waals surface area contributed by atoms with Crippen LogP contribution < -0.4 is 5.32 Å². The molecule has 1 saturated heterocycles. The van der Waals surface area contributed by atoms with E-state index >= 15 is 0 Å². The van der Waals surface area contributed by atoms with Gasteiger partial charge in [0, 0.05) is 37.0 Å². The van der Waals surface area contributed by atoms with Crippen LogP contribution in [-0.4, -0.2) is 64.5 Å². The van der Waals surface area contributed by atoms with Crippen LogP contribution in [0.15, 0.2) is 17.4 Å². The summed E-state index contributed by atoms with van der Waals surface area (Å²) in [6.45, 7) is 8.90. The average molecular weight is 423 g/mol. The minimum absolute atomic E-state index is 0.160. The Balaban J connectivity index is 2.02. The topological polar surface area (TPSA) is 93.6 Å². The van der Waals surface area contributed by atoms with Crippen molar-refractivity contribution < 1.29 is 19.1 Å². The molecule has 0 aliphatic carbocycles. The van der Waals surface area contributed by atoms with Crippen molar-refractivity contribution in [2.75, 3.05) is 31.3 Å². The first-order valence-electron chi connectivity index (χ1n) is 9.72. The summed E-state index contributed by atoms with van der Waals surface area (Å²) in [6, 6.07) is 0.160. The molecule has 2 heterocycles. The third-order valence-corrected chi connectivity index (χ3v) is 4.71. The van der Waals surface area contributed by atoms with Gasteiger partial charge in [0.25, 0.3) is 0 Å². The Morgan fingerprint density at radius 3 is 2.62 bits per heavy atom. The van der Waals surface area contributed by atoms with Crippen molar-refractivity contribution in [3.8, 4) is 0 Å². The van der Waals surface area contributed by atoms with Gasteiger partial charge < -0.3 is 19.7 Å². The summed E-state index contributed by atoms with van der Waals surface area (Å²) in [4.78, 5) is 34.4. The van der Waals surface area contributed by atoms with Gasteiger partial charge in [-0.05, 0) is 52.9 Å². The fraction of sp³-hybridized carbons (Fsp3) is 0.600. The maximum Gasteiger partial charge on any atom is 0.410 e. The molecule has 1 aliphatic rings. The number of ether oxygens (including phenoxy) is 2. The maximum absolute atomic E-state index is 12.2. The van der Waals surface area contributed by atoms with Crippen LogP contribution in [0.1, 0.15) is 46.1 Å². The molecule has 1 fully saturated rings. The van der Waals surface area contributed by atoms with Crippen molar-refractivity contribution in [2.45, 2.75) is 57.3 Å². The lowest BCUT2D eigenvalue weighted by Gasteiger charge is -2.34. The van der Waals surface area contributed by atoms with Gasteiger partial charge in [-0.2, -0.15) is 0 Å². The predicted molar refractivity (Wildman–Crippen MR) is 114 cm³/mol. The van der Waals surface area contributed by atoms with Gasteiger partial charge in [0.2, 0.25) is 0 Å². The largest absolute Gasteiger partial charge is 0.463 e. The molecule has 0 unspecified atom stereocenters. The quantitative estimate of drug-likeness (QED) is 0.322. The van der Waals surface area contributed by atoms with Crippen molar-refractivity contribution >= 4 is 35.7 Å². The molecule has 2 rings (SSSR count). The molecule has 160 valence electrons. The van der Waals surface area contributed by atoms with Gasteiger partial charge >= 0.3 is 12.1 Å². The second-order valence-electron chi connectivity index (χ2n) is 7.63. The number of hydrogen-bond acceptors (Lipinski definition) is 8. The zero-order valence-corrected chi connectivity index (χ0v) is 18.5. The van der Waals surface area contributed by atoms with Crippen molar-refractivity contribution in [3.05, 3.63) is 17.8 Å². The summed E-state index contributed by atoms with van der Waals surface area (Å²) < 4.78 is 10.4. The number of nitrogens with zero attached hydrogens (tertiary/aromatic N) is 3. The Labute approximate surface area is 176 Å². The molecule has 1 aromatic rings. The molecule has 1 N–H and O–H groups in total. The smallest absolute Gasteiger partial charge is 0.410 e. The zero-order chi connectivity index (χ0) is 21.4. The lowest BCUT2D eigenvalue weighted by atomic mass is 10.1. The van der Waals surface area contributed by atoms with Gasteiger partial charge in [-0.15, -0.1) is 0 Å². The number of amides is 1. The highest BCUT2D eigenvalue weighted by atomic mass is 32.2. The van der Waals surface area contributed by atoms with E-state index in [0.29, 0.717) is 36.2 Å². The van der Waals surface area contributed by atoms with Crippen LogP contribution in [-0.2, 0) is 14.3 Å². The molecular weight excluding hydrogens is 392 g/mol. The Morgan fingerprint density at radius 2 is 2.03 bits per heavy atom. The number of carbonyl (C=O) groups excluding carboxylic acids is 2. The summed E-state index contributed by atoms with van der Waals surface area (Å²) in [5, 5.41) is 4.09. The number of aromatic nitrogens is 2. The molecule has 0 radical (unpaired) electrons. The van der Waals surface area contributed by atoms with Crippen LogP contribution in [0.5, 0.6) is 0 Å². The van der Waals surface area contributed by atoms with Crippen LogP contribution in [0.25, 0.3) is 6.08 Å². The summed E-state index contributed by atoms with van der Waals surface area (Å²) in [5.41, 5.74) is 0.215. The Bertz CT molecular complexity index is 740. The van der Waals surface area contributed by atoms with Crippen molar-refractivity contribution in [3.63, 3.8) is 0 Å². The van der Waals surface area contributed by atoms with Crippen LogP contribution in [0.4, 0.5) is 10.6 Å². The highest BCUT2D eigenvalue weighted by molar-refractivity contribution is 7.98. The normalized spacial score (nSPS) is 15.4. The van der Waals surface area contributed by atoms with E-state index in [1.54, 1.807) is 24.1 Å². The minimum atomic E-state index is -0.498. The van der Waals surface area contributed by atoms with Crippen molar-refractivity contribution in [1.82, 2.24) is 14.9 Å². The number of anilines is 1. The number of carbonyl (C=O) groups is 2. The van der Waals surface area contributed by atoms with Crippen LogP contribution in [0.2, 0.25) is 0 Å². The number of esters is 1. The van der Waals surface area contributed by atoms with Crippen molar-refractivity contribution in [1.29, 1.82) is 0 Å². The first-order valence-corrected chi connectivity index (χ1v) is 10.9. The van der Waals surface area contributed by atoms with E-state index in [2.05, 4.69) is 15.3 Å². The monoisotopic (exact) mass is 422 g/mol. The lowest BCUT2D eigenvalue weighted by Crippen LogP contribution is -2.44. The van der Waals surface area contributed by atoms with E-state index in [9.17, 15) is 9.59 Å². The summed E-state index contributed by atoms with van der Waals surface area (Å²) in [5.74, 6) is 0.263. The molecule has 0 atom stereocenters. The fourth-order valence-corrected chi connectivity index (χ4v) is 3.13. The molecule has 1 aliphatic heterocycles. The maximum atomic E-state index is 12.2. The molecule has 0 saturated carbocycles. The minimum Gasteiger partial charge on any atom is -0.463 e. The van der Waals surface area contributed by atoms with Gasteiger partial charge in [-0.25, -0.2) is 19.6 Å². The number of rotatable bonds is 6. The Hall–Kier alpha value is -2.29. The van der Waals surface area contributed by atoms with Crippen LogP contribution in [0, 0.1) is 0 Å². The molecule has 0 aromatic carbocycles. The van der Waals surface area contributed by atoms with Gasteiger partial charge in [0.15, 0.2) is 5.16 Å². The van der Waals surface area contributed by atoms with E-state index in [-0.39, 0.29) is 12.1 Å². The molecule has 9 heteroatoms. The Morgan fingerprint density at radius 1 is 1.34 bits per heavy atom. The molecule has 0 spiro atoms. The summed E-state index contributed by atoms with van der Waals surface area (Å²) in [7, 11) is 0. The SMILES string of the molecule is CCOC(=O)/C=C/c1cnc(SC)nc1NC1CCN(C(=O)OC(C)(C)C)CC1. The van der Waals surface area contributed by atoms with Gasteiger partial charge in [0.05, 0.1) is 6.61 Å². The number of thioether (sulfide) groups is 1. The summed E-state index contributed by atoms with van der Waals surface area (Å²) >= 11 is 1.45. The predicted octanol–water partition coefficient (Wildman–Crippen LogP) is 3.59. The molecule has 29 heavy (non-hydrogen) atoms. The number of likely N-dealkylation sites (tertiary alicyclic amines) is 1. The number of nitrogens with one attached hydrogen (secondary N) is 1. The van der Waals surface area contributed by atoms with Gasteiger partial charge in [0.1, 0.15) is 11.4 Å². The first kappa shape index (κ1) is 23.0. The second kappa shape index (κ2) is 10.5. The standard InChI is InChI=1S/C20H30N4O4S/c1-6-27-16(25)8-7-14-13-21-18(29-5)23-17(14)22-15-9-11-24(12-10-15)19(26)28-20(2,3)4/h7-8,13,15H,6,9-12H2,1-5H3,(H,21,22,23)/b8-7+. The zero-order valence-electron chi connectivity index (χ0n) is 17.7. The van der Waals surface area contributed by atoms with Crippen molar-refractivity contribution in [2.24, 2.45) is 0 Å². The van der Waals surface area contributed by atoms with Gasteiger partial charge in [-0.3, -0.25) is 0 Å². The third kappa shape index (κ3) is 7.56. The molecule has 1 amide bonds. The fourth-order valence-electron chi connectivity index (χ4n) is 2.79. The van der Waals surface area contributed by atoms with E-state index in [1.807, 2.05) is 27.0 Å². The third-order valence-electron chi connectivity index (χ3n) is 4.15. The molecule has 1 aromatic heterocycles. The second-order valence-corrected chi connectivity index (χ2v) is 8.41. The van der Waals surface area contributed by atoms with Gasteiger partial charge in [-0.1, -0.05) is 11.8 Å². The number of piperidine rings is 1. The molecular formula is C20H30N4O4S. The van der Waals surface area contributed by atoms with E-state index in [0.717, 1.165) is 12.8 Å². The highest BCUT2D eigenvalue weighted by Crippen LogP contribution is 2.22. The van der Waals surface area contributed by atoms with E-state index < -0.39 is 11.6 Å². The molecule has 0 bridgehead atoms. The lowest BCUT2D eigenvalue weighted by molar-refractivity contribution is -0.137. The average Bonchev–Trinajstić information content (AvgIpc) is 2.66. The van der Waals surface area contributed by atoms with Crippen LogP contribution in [0.3, 0.4) is 0 Å². The first-order chi connectivity index (χ1) is 13.7. The Kier molecular flexibility index (Phi) is 8.31. The van der Waals surface area contributed by atoms with E-state index in [4.69, 9.17) is 9.47 Å². The number of hydrogen-bond donors (Lipinski definition) is 1. The van der Waals surface area contributed by atoms with E-state index in [1.165, 1.54) is 17.8 Å². The summed E-state index contributed by atoms with van der Waals surface area (Å²) in [6.07, 6.45) is 7.90. The van der Waals surface area contributed by atoms with Crippen LogP contribution >= 0.6 is 11.8 Å². The molecule has 8 nitrogen and oxygen atoms in total.